The summed E-state index contributed by atoms with van der Waals surface area (Å²) >= 11 is 0. The van der Waals surface area contributed by atoms with E-state index in [0.717, 1.165) is 0 Å². The SMILES string of the molecule is CC(C)CNC(=O)CCNC(=O)CCC(=O)O. The van der Waals surface area contributed by atoms with Gasteiger partial charge in [-0.2, -0.15) is 0 Å². The van der Waals surface area contributed by atoms with E-state index in [-0.39, 0.29) is 37.6 Å². The summed E-state index contributed by atoms with van der Waals surface area (Å²) in [7, 11) is 0. The van der Waals surface area contributed by atoms with Crippen molar-refractivity contribution in [2.75, 3.05) is 13.1 Å². The van der Waals surface area contributed by atoms with Crippen molar-refractivity contribution in [2.45, 2.75) is 33.1 Å². The van der Waals surface area contributed by atoms with Crippen molar-refractivity contribution in [1.29, 1.82) is 0 Å². The zero-order valence-electron chi connectivity index (χ0n) is 10.3. The molecule has 0 unspecified atom stereocenters. The van der Waals surface area contributed by atoms with E-state index in [2.05, 4.69) is 10.6 Å². The summed E-state index contributed by atoms with van der Waals surface area (Å²) in [5.41, 5.74) is 0. The van der Waals surface area contributed by atoms with Crippen LogP contribution in [0.3, 0.4) is 0 Å². The summed E-state index contributed by atoms with van der Waals surface area (Å²) in [4.78, 5) is 32.5. The molecule has 6 nitrogen and oxygen atoms in total. The molecule has 0 spiro atoms. The highest BCUT2D eigenvalue weighted by molar-refractivity contribution is 5.81. The quantitative estimate of drug-likeness (QED) is 0.565. The van der Waals surface area contributed by atoms with Crippen LogP contribution in [0, 0.1) is 5.92 Å². The van der Waals surface area contributed by atoms with Gasteiger partial charge in [0.25, 0.3) is 0 Å². The predicted molar refractivity (Wildman–Crippen MR) is 62.3 cm³/mol. The van der Waals surface area contributed by atoms with E-state index >= 15 is 0 Å². The van der Waals surface area contributed by atoms with Gasteiger partial charge < -0.3 is 15.7 Å². The predicted octanol–water partition coefficient (Wildman–Crippen LogP) is 0.130. The maximum atomic E-state index is 11.2. The van der Waals surface area contributed by atoms with Crippen molar-refractivity contribution in [2.24, 2.45) is 5.92 Å². The van der Waals surface area contributed by atoms with Gasteiger partial charge in [0.15, 0.2) is 0 Å². The Morgan fingerprint density at radius 1 is 1.00 bits per heavy atom. The molecule has 3 N–H and O–H groups in total. The van der Waals surface area contributed by atoms with E-state index in [9.17, 15) is 14.4 Å². The fourth-order valence-corrected chi connectivity index (χ4v) is 1.03. The van der Waals surface area contributed by atoms with Crippen molar-refractivity contribution in [3.05, 3.63) is 0 Å². The van der Waals surface area contributed by atoms with Crippen LogP contribution in [0.2, 0.25) is 0 Å². The van der Waals surface area contributed by atoms with Gasteiger partial charge in [-0.15, -0.1) is 0 Å². The van der Waals surface area contributed by atoms with Crippen LogP contribution in [-0.4, -0.2) is 36.0 Å². The van der Waals surface area contributed by atoms with Gasteiger partial charge in [-0.05, 0) is 5.92 Å². The largest absolute Gasteiger partial charge is 0.481 e. The molecular weight excluding hydrogens is 224 g/mol. The van der Waals surface area contributed by atoms with Gasteiger partial charge in [0.05, 0.1) is 6.42 Å². The molecular formula is C11H20N2O4. The highest BCUT2D eigenvalue weighted by atomic mass is 16.4. The van der Waals surface area contributed by atoms with Crippen LogP contribution in [0.25, 0.3) is 0 Å². The van der Waals surface area contributed by atoms with Gasteiger partial charge in [-0.25, -0.2) is 0 Å². The molecule has 0 atom stereocenters. The van der Waals surface area contributed by atoms with Gasteiger partial charge in [-0.3, -0.25) is 14.4 Å². The Morgan fingerprint density at radius 2 is 1.59 bits per heavy atom. The van der Waals surface area contributed by atoms with E-state index in [1.165, 1.54) is 0 Å². The highest BCUT2D eigenvalue weighted by Crippen LogP contribution is 1.90. The van der Waals surface area contributed by atoms with Crippen LogP contribution in [0.4, 0.5) is 0 Å². The first-order valence-electron chi connectivity index (χ1n) is 5.67. The smallest absolute Gasteiger partial charge is 0.303 e. The number of carbonyl (C=O) groups is 3. The van der Waals surface area contributed by atoms with E-state index in [1.807, 2.05) is 13.8 Å². The topological polar surface area (TPSA) is 95.5 Å². The Kier molecular flexibility index (Phi) is 7.75. The maximum absolute atomic E-state index is 11.2. The normalized spacial score (nSPS) is 10.1. The lowest BCUT2D eigenvalue weighted by Crippen LogP contribution is -2.32. The van der Waals surface area contributed by atoms with E-state index in [1.54, 1.807) is 0 Å². The fourth-order valence-electron chi connectivity index (χ4n) is 1.03. The number of carboxylic acids is 1. The van der Waals surface area contributed by atoms with Crippen molar-refractivity contribution in [3.8, 4) is 0 Å². The molecule has 98 valence electrons. The minimum Gasteiger partial charge on any atom is -0.481 e. The number of carbonyl (C=O) groups excluding carboxylic acids is 2. The molecule has 0 fully saturated rings. The lowest BCUT2D eigenvalue weighted by Gasteiger charge is -2.08. The zero-order valence-corrected chi connectivity index (χ0v) is 10.3. The molecule has 17 heavy (non-hydrogen) atoms. The summed E-state index contributed by atoms with van der Waals surface area (Å²) in [5, 5.41) is 13.6. The second kappa shape index (κ2) is 8.55. The standard InChI is InChI=1S/C11H20N2O4/c1-8(2)7-13-10(15)5-6-12-9(14)3-4-11(16)17/h8H,3-7H2,1-2H3,(H,12,14)(H,13,15)(H,16,17). The van der Waals surface area contributed by atoms with Crippen molar-refractivity contribution < 1.29 is 19.5 Å². The average molecular weight is 244 g/mol. The van der Waals surface area contributed by atoms with Crippen LogP contribution in [0.15, 0.2) is 0 Å². The third-order valence-corrected chi connectivity index (χ3v) is 1.95. The van der Waals surface area contributed by atoms with Crippen LogP contribution in [0.1, 0.15) is 33.1 Å². The van der Waals surface area contributed by atoms with Gasteiger partial charge in [0.2, 0.25) is 11.8 Å². The molecule has 0 heterocycles. The Labute approximate surface area is 101 Å². The summed E-state index contributed by atoms with van der Waals surface area (Å²) in [5.74, 6) is -1.07. The van der Waals surface area contributed by atoms with Gasteiger partial charge in [-0.1, -0.05) is 13.8 Å². The third kappa shape index (κ3) is 10.7. The average Bonchev–Trinajstić information content (AvgIpc) is 2.23. The lowest BCUT2D eigenvalue weighted by molar-refractivity contribution is -0.138. The first kappa shape index (κ1) is 15.4. The van der Waals surface area contributed by atoms with E-state index in [4.69, 9.17) is 5.11 Å². The molecule has 0 aromatic carbocycles. The number of hydrogen-bond donors (Lipinski definition) is 3. The summed E-state index contributed by atoms with van der Waals surface area (Å²) < 4.78 is 0. The number of nitrogens with one attached hydrogen (secondary N) is 2. The molecule has 0 rings (SSSR count). The Morgan fingerprint density at radius 3 is 2.12 bits per heavy atom. The number of amides is 2. The monoisotopic (exact) mass is 244 g/mol. The van der Waals surface area contributed by atoms with Crippen molar-refractivity contribution in [3.63, 3.8) is 0 Å². The molecule has 0 aromatic rings. The Balaban J connectivity index is 3.52. The van der Waals surface area contributed by atoms with Crippen LogP contribution in [0.5, 0.6) is 0 Å². The maximum Gasteiger partial charge on any atom is 0.303 e. The zero-order chi connectivity index (χ0) is 13.3. The minimum absolute atomic E-state index is 0.0526. The van der Waals surface area contributed by atoms with Crippen molar-refractivity contribution >= 4 is 17.8 Å². The molecule has 0 saturated carbocycles. The molecule has 0 aliphatic carbocycles. The van der Waals surface area contributed by atoms with Crippen LogP contribution in [-0.2, 0) is 14.4 Å². The molecule has 0 aliphatic rings. The number of rotatable bonds is 8. The van der Waals surface area contributed by atoms with E-state index < -0.39 is 5.97 Å². The van der Waals surface area contributed by atoms with E-state index in [0.29, 0.717) is 12.5 Å². The molecule has 0 aliphatic heterocycles. The second-order valence-corrected chi connectivity index (χ2v) is 4.19. The second-order valence-electron chi connectivity index (χ2n) is 4.19. The first-order valence-corrected chi connectivity index (χ1v) is 5.67. The molecule has 6 heteroatoms. The fraction of sp³-hybridized carbons (Fsp3) is 0.727. The van der Waals surface area contributed by atoms with Gasteiger partial charge in [0.1, 0.15) is 0 Å². The number of carboxylic acid groups (broad SMARTS) is 1. The first-order chi connectivity index (χ1) is 7.91. The van der Waals surface area contributed by atoms with Crippen molar-refractivity contribution in [1.82, 2.24) is 10.6 Å². The third-order valence-electron chi connectivity index (χ3n) is 1.95. The summed E-state index contributed by atoms with van der Waals surface area (Å²) in [6.07, 6.45) is -0.0279. The Bertz CT molecular complexity index is 277. The molecule has 0 radical (unpaired) electrons. The van der Waals surface area contributed by atoms with Crippen LogP contribution < -0.4 is 10.6 Å². The van der Waals surface area contributed by atoms with Gasteiger partial charge in [0, 0.05) is 25.9 Å². The molecule has 0 aromatic heterocycles. The minimum atomic E-state index is -1.00. The molecule has 0 saturated heterocycles. The Hall–Kier alpha value is -1.59. The highest BCUT2D eigenvalue weighted by Gasteiger charge is 2.06. The molecule has 0 bridgehead atoms. The van der Waals surface area contributed by atoms with Gasteiger partial charge >= 0.3 is 5.97 Å². The molecule has 2 amide bonds. The number of hydrogen-bond acceptors (Lipinski definition) is 3. The summed E-state index contributed by atoms with van der Waals surface area (Å²) in [6.45, 7) is 4.84. The summed E-state index contributed by atoms with van der Waals surface area (Å²) in [6, 6.07) is 0. The van der Waals surface area contributed by atoms with Crippen LogP contribution >= 0.6 is 0 Å². The lowest BCUT2D eigenvalue weighted by atomic mass is 10.2. The number of aliphatic carboxylic acids is 1.